The van der Waals surface area contributed by atoms with E-state index in [2.05, 4.69) is 52.0 Å². The molecule has 7 nitrogen and oxygen atoms in total. The van der Waals surface area contributed by atoms with Crippen molar-refractivity contribution >= 4 is 11.7 Å². The van der Waals surface area contributed by atoms with Gasteiger partial charge in [-0.2, -0.15) is 10.2 Å². The number of hydrogen-bond donors (Lipinski definition) is 1. The van der Waals surface area contributed by atoms with E-state index in [-0.39, 0.29) is 17.2 Å². The smallest absolute Gasteiger partial charge is 0.228 e. The first-order valence-corrected chi connectivity index (χ1v) is 11.6. The summed E-state index contributed by atoms with van der Waals surface area (Å²) in [5.74, 6) is 1.02. The summed E-state index contributed by atoms with van der Waals surface area (Å²) in [5, 5.41) is 12.3. The van der Waals surface area contributed by atoms with Crippen LogP contribution < -0.4 is 5.32 Å². The maximum absolute atomic E-state index is 13.1. The Kier molecular flexibility index (Phi) is 5.14. The lowest BCUT2D eigenvalue weighted by Gasteiger charge is -2.27. The number of rotatable bonds is 4. The third-order valence-electron chi connectivity index (χ3n) is 7.01. The molecule has 1 N–H and O–H groups in total. The molecule has 2 atom stereocenters. The molecule has 0 spiro atoms. The highest BCUT2D eigenvalue weighted by molar-refractivity contribution is 5.92. The van der Waals surface area contributed by atoms with E-state index in [9.17, 15) is 4.79 Å². The molecule has 3 aromatic rings. The number of hydrogen-bond acceptors (Lipinski definition) is 4. The Bertz CT molecular complexity index is 1160. The Balaban J connectivity index is 1.33. The van der Waals surface area contributed by atoms with E-state index in [0.29, 0.717) is 11.7 Å². The van der Waals surface area contributed by atoms with Crippen LogP contribution in [0.3, 0.4) is 0 Å². The summed E-state index contributed by atoms with van der Waals surface area (Å²) < 4.78 is 3.96. The van der Waals surface area contributed by atoms with Crippen LogP contribution in [0.25, 0.3) is 11.1 Å². The number of anilines is 1. The van der Waals surface area contributed by atoms with Gasteiger partial charge in [-0.15, -0.1) is 0 Å². The van der Waals surface area contributed by atoms with Crippen molar-refractivity contribution in [1.82, 2.24) is 24.5 Å². The third-order valence-corrected chi connectivity index (χ3v) is 7.01. The van der Waals surface area contributed by atoms with E-state index >= 15 is 0 Å². The predicted octanol–water partition coefficient (Wildman–Crippen LogP) is 4.48. The highest BCUT2D eigenvalue weighted by atomic mass is 16.1. The lowest BCUT2D eigenvalue weighted by Crippen LogP contribution is -2.28. The van der Waals surface area contributed by atoms with Gasteiger partial charge in [0.2, 0.25) is 5.91 Å². The first-order valence-electron chi connectivity index (χ1n) is 11.6. The molecule has 5 rings (SSSR count). The standard InChI is InChI=1S/C25H32N6O/c1-16-13-26-23(11-19(16)20-14-27-31-15-25(2,3)12-22(20)31)28-24(32)18-7-5-6-17(10-18)21-8-9-30(4)29-21/h8-9,11,13-14,17-18H,5-7,10,12,15H2,1-4H3,(H,26,28,32)/t17-,18+/m0/s1. The van der Waals surface area contributed by atoms with Crippen LogP contribution in [0.5, 0.6) is 0 Å². The van der Waals surface area contributed by atoms with E-state index in [4.69, 9.17) is 0 Å². The van der Waals surface area contributed by atoms with Crippen LogP contribution >= 0.6 is 0 Å². The average Bonchev–Trinajstić information content (AvgIpc) is 3.43. The zero-order chi connectivity index (χ0) is 22.5. The predicted molar refractivity (Wildman–Crippen MR) is 124 cm³/mol. The topological polar surface area (TPSA) is 77.6 Å². The molecular weight excluding hydrogens is 400 g/mol. The van der Waals surface area contributed by atoms with Crippen LogP contribution in [-0.2, 0) is 24.8 Å². The van der Waals surface area contributed by atoms with Crippen LogP contribution in [0.2, 0.25) is 0 Å². The maximum Gasteiger partial charge on any atom is 0.228 e. The molecule has 1 amide bonds. The summed E-state index contributed by atoms with van der Waals surface area (Å²) in [6, 6.07) is 4.08. The third kappa shape index (κ3) is 3.96. The van der Waals surface area contributed by atoms with Gasteiger partial charge < -0.3 is 5.32 Å². The molecule has 1 aliphatic heterocycles. The fourth-order valence-electron chi connectivity index (χ4n) is 5.33. The second-order valence-electron chi connectivity index (χ2n) is 10.4. The van der Waals surface area contributed by atoms with E-state index in [0.717, 1.165) is 61.0 Å². The van der Waals surface area contributed by atoms with E-state index in [1.807, 2.05) is 36.4 Å². The molecule has 0 unspecified atom stereocenters. The average molecular weight is 433 g/mol. The van der Waals surface area contributed by atoms with Crippen molar-refractivity contribution in [3.05, 3.63) is 47.7 Å². The Morgan fingerprint density at radius 2 is 2.06 bits per heavy atom. The molecule has 1 fully saturated rings. The monoisotopic (exact) mass is 432 g/mol. The SMILES string of the molecule is Cc1cnc(NC(=O)[C@@H]2CCC[C@H](c3ccn(C)n3)C2)cc1-c1cnn2c1CC(C)(C)C2. The maximum atomic E-state index is 13.1. The minimum atomic E-state index is -0.0106. The number of fused-ring (bicyclic) bond motifs is 1. The first kappa shape index (κ1) is 20.9. The van der Waals surface area contributed by atoms with Crippen molar-refractivity contribution in [2.24, 2.45) is 18.4 Å². The van der Waals surface area contributed by atoms with Gasteiger partial charge in [0.05, 0.1) is 11.9 Å². The van der Waals surface area contributed by atoms with Crippen molar-refractivity contribution in [3.63, 3.8) is 0 Å². The highest BCUT2D eigenvalue weighted by Crippen LogP contribution is 2.39. The van der Waals surface area contributed by atoms with E-state index in [1.165, 1.54) is 5.69 Å². The minimum absolute atomic E-state index is 0.0106. The molecule has 7 heteroatoms. The van der Waals surface area contributed by atoms with Gasteiger partial charge in [-0.3, -0.25) is 14.2 Å². The van der Waals surface area contributed by atoms with Gasteiger partial charge in [0.1, 0.15) is 5.82 Å². The number of amides is 1. The number of aromatic nitrogens is 5. The molecule has 0 radical (unpaired) electrons. The van der Waals surface area contributed by atoms with Crippen LogP contribution in [0.15, 0.2) is 30.7 Å². The molecule has 3 aromatic heterocycles. The van der Waals surface area contributed by atoms with Gasteiger partial charge in [0, 0.05) is 49.1 Å². The first-order chi connectivity index (χ1) is 15.3. The normalized spacial score (nSPS) is 22.0. The molecule has 0 aromatic carbocycles. The number of carbonyl (C=O) groups is 1. The number of nitrogens with one attached hydrogen (secondary N) is 1. The zero-order valence-electron chi connectivity index (χ0n) is 19.4. The summed E-state index contributed by atoms with van der Waals surface area (Å²) in [5.41, 5.74) is 5.94. The second kappa shape index (κ2) is 7.87. The zero-order valence-corrected chi connectivity index (χ0v) is 19.4. The van der Waals surface area contributed by atoms with Crippen molar-refractivity contribution in [2.75, 3.05) is 5.32 Å². The molecule has 1 saturated carbocycles. The van der Waals surface area contributed by atoms with Gasteiger partial charge in [0.25, 0.3) is 0 Å². The van der Waals surface area contributed by atoms with Crippen LogP contribution in [0.4, 0.5) is 5.82 Å². The number of carbonyl (C=O) groups excluding carboxylic acids is 1. The quantitative estimate of drug-likeness (QED) is 0.659. The van der Waals surface area contributed by atoms with Gasteiger partial charge in [0.15, 0.2) is 0 Å². The van der Waals surface area contributed by atoms with Crippen LogP contribution in [-0.4, -0.2) is 30.5 Å². The van der Waals surface area contributed by atoms with Gasteiger partial charge in [-0.05, 0) is 61.3 Å². The summed E-state index contributed by atoms with van der Waals surface area (Å²) in [6.45, 7) is 7.56. The Hall–Kier alpha value is -2.96. The molecule has 168 valence electrons. The Labute approximate surface area is 189 Å². The van der Waals surface area contributed by atoms with Gasteiger partial charge in [-0.25, -0.2) is 4.98 Å². The summed E-state index contributed by atoms with van der Waals surface area (Å²) in [4.78, 5) is 17.6. The fraction of sp³-hybridized carbons (Fsp3) is 0.520. The van der Waals surface area contributed by atoms with Crippen LogP contribution in [0, 0.1) is 18.3 Å². The number of pyridine rings is 1. The van der Waals surface area contributed by atoms with Crippen molar-refractivity contribution < 1.29 is 4.79 Å². The van der Waals surface area contributed by atoms with Crippen molar-refractivity contribution in [1.29, 1.82) is 0 Å². The molecular formula is C25H32N6O. The van der Waals surface area contributed by atoms with Crippen molar-refractivity contribution in [2.45, 2.75) is 65.3 Å². The largest absolute Gasteiger partial charge is 0.310 e. The highest BCUT2D eigenvalue weighted by Gasteiger charge is 2.32. The lowest BCUT2D eigenvalue weighted by atomic mass is 9.79. The molecule has 0 bridgehead atoms. The lowest BCUT2D eigenvalue weighted by molar-refractivity contribution is -0.121. The minimum Gasteiger partial charge on any atom is -0.310 e. The Morgan fingerprint density at radius 3 is 2.84 bits per heavy atom. The number of aryl methyl sites for hydroxylation is 2. The second-order valence-corrected chi connectivity index (χ2v) is 10.4. The molecule has 32 heavy (non-hydrogen) atoms. The molecule has 1 aliphatic carbocycles. The molecule has 4 heterocycles. The summed E-state index contributed by atoms with van der Waals surface area (Å²) in [7, 11) is 1.94. The molecule has 2 aliphatic rings. The molecule has 0 saturated heterocycles. The summed E-state index contributed by atoms with van der Waals surface area (Å²) >= 11 is 0. The summed E-state index contributed by atoms with van der Waals surface area (Å²) in [6.07, 6.45) is 10.7. The Morgan fingerprint density at radius 1 is 1.22 bits per heavy atom. The fourth-order valence-corrected chi connectivity index (χ4v) is 5.33. The van der Waals surface area contributed by atoms with E-state index in [1.54, 1.807) is 0 Å². The van der Waals surface area contributed by atoms with Crippen LogP contribution in [0.1, 0.15) is 62.4 Å². The number of nitrogens with zero attached hydrogens (tertiary/aromatic N) is 5. The van der Waals surface area contributed by atoms with E-state index < -0.39 is 0 Å². The van der Waals surface area contributed by atoms with Gasteiger partial charge >= 0.3 is 0 Å². The van der Waals surface area contributed by atoms with Gasteiger partial charge in [-0.1, -0.05) is 20.3 Å². The van der Waals surface area contributed by atoms with Crippen molar-refractivity contribution in [3.8, 4) is 11.1 Å².